The van der Waals surface area contributed by atoms with E-state index >= 15 is 0 Å². The molecule has 1 heterocycles. The average Bonchev–Trinajstić information content (AvgIpc) is 2.95. The third-order valence-corrected chi connectivity index (χ3v) is 5.11. The van der Waals surface area contributed by atoms with Crippen LogP contribution >= 0.6 is 11.6 Å². The Morgan fingerprint density at radius 3 is 2.39 bits per heavy atom. The molecule has 0 radical (unpaired) electrons. The Bertz CT molecular complexity index is 1070. The first-order valence-corrected chi connectivity index (χ1v) is 9.21. The zero-order valence-corrected chi connectivity index (χ0v) is 16.1. The highest BCUT2D eigenvalue weighted by Gasteiger charge is 2.31. The van der Waals surface area contributed by atoms with Gasteiger partial charge < -0.3 is 10.2 Å². The Morgan fingerprint density at radius 1 is 1.18 bits per heavy atom. The van der Waals surface area contributed by atoms with Gasteiger partial charge in [0, 0.05) is 21.7 Å². The maximum atomic E-state index is 14.8. The molecule has 2 N–H and O–H groups in total. The van der Waals surface area contributed by atoms with Crippen LogP contribution in [-0.4, -0.2) is 26.7 Å². The van der Waals surface area contributed by atoms with E-state index in [1.54, 1.807) is 31.2 Å². The fourth-order valence-electron chi connectivity index (χ4n) is 3.57. The van der Waals surface area contributed by atoms with E-state index in [0.717, 1.165) is 6.07 Å². The predicted molar refractivity (Wildman–Crippen MR) is 105 cm³/mol. The van der Waals surface area contributed by atoms with Crippen LogP contribution in [0.25, 0.3) is 10.9 Å². The molecule has 0 amide bonds. The van der Waals surface area contributed by atoms with Gasteiger partial charge in [0.1, 0.15) is 0 Å². The minimum Gasteiger partial charge on any atom is -0.505 e. The molecule has 0 bridgehead atoms. The molecule has 1 aromatic heterocycles. The highest BCUT2D eigenvalue weighted by atomic mass is 35.5. The van der Waals surface area contributed by atoms with Crippen molar-refractivity contribution in [3.05, 3.63) is 64.1 Å². The molecular formula is C21H19ClFNO4. The number of phenols is 1. The molecule has 3 aromatic rings. The number of aliphatic carboxylic acids is 1. The topological polar surface area (TPSA) is 79.5 Å². The van der Waals surface area contributed by atoms with E-state index in [1.165, 1.54) is 10.6 Å². The number of rotatable bonds is 5. The van der Waals surface area contributed by atoms with Crippen LogP contribution < -0.4 is 0 Å². The summed E-state index contributed by atoms with van der Waals surface area (Å²) in [5, 5.41) is 20.0. The average molecular weight is 404 g/mol. The van der Waals surface area contributed by atoms with Crippen molar-refractivity contribution < 1.29 is 24.2 Å². The number of hydrogen-bond donors (Lipinski definition) is 2. The van der Waals surface area contributed by atoms with E-state index in [1.807, 2.05) is 6.92 Å². The number of nitrogens with zero attached hydrogens (tertiary/aromatic N) is 1. The number of aromatic hydroxyl groups is 1. The molecule has 146 valence electrons. The van der Waals surface area contributed by atoms with E-state index in [4.69, 9.17) is 11.6 Å². The van der Waals surface area contributed by atoms with Gasteiger partial charge in [-0.15, -0.1) is 0 Å². The summed E-state index contributed by atoms with van der Waals surface area (Å²) in [5.41, 5.74) is 1.08. The molecular weight excluding hydrogens is 385 g/mol. The quantitative estimate of drug-likeness (QED) is 0.620. The van der Waals surface area contributed by atoms with Crippen molar-refractivity contribution in [1.29, 1.82) is 0 Å². The Kier molecular flexibility index (Phi) is 5.42. The van der Waals surface area contributed by atoms with E-state index in [-0.39, 0.29) is 22.9 Å². The Hall–Kier alpha value is -2.86. The van der Waals surface area contributed by atoms with E-state index in [0.29, 0.717) is 22.7 Å². The van der Waals surface area contributed by atoms with Gasteiger partial charge in [-0.3, -0.25) is 14.2 Å². The maximum Gasteiger partial charge on any atom is 0.311 e. The number of phenolic OH excluding ortho intramolecular Hbond substituents is 1. The second-order valence-electron chi connectivity index (χ2n) is 6.62. The van der Waals surface area contributed by atoms with E-state index in [2.05, 4.69) is 0 Å². The molecule has 0 spiro atoms. The van der Waals surface area contributed by atoms with Crippen LogP contribution in [0.1, 0.15) is 47.3 Å². The van der Waals surface area contributed by atoms with Crippen LogP contribution in [0.5, 0.6) is 5.75 Å². The lowest BCUT2D eigenvalue weighted by Gasteiger charge is -2.13. The van der Waals surface area contributed by atoms with Crippen LogP contribution in [0.4, 0.5) is 4.39 Å². The molecule has 5 nitrogen and oxygen atoms in total. The number of carboxylic acids is 1. The van der Waals surface area contributed by atoms with Crippen molar-refractivity contribution >= 4 is 34.4 Å². The molecule has 7 heteroatoms. The molecule has 2 aromatic carbocycles. The molecule has 0 aliphatic rings. The number of halogens is 2. The molecule has 0 saturated carbocycles. The van der Waals surface area contributed by atoms with E-state index in [9.17, 15) is 24.2 Å². The zero-order chi connectivity index (χ0) is 20.6. The van der Waals surface area contributed by atoms with Gasteiger partial charge in [-0.05, 0) is 55.3 Å². The molecule has 0 fully saturated rings. The third kappa shape index (κ3) is 3.24. The van der Waals surface area contributed by atoms with Crippen molar-refractivity contribution in [2.45, 2.75) is 32.6 Å². The minimum atomic E-state index is -1.11. The zero-order valence-electron chi connectivity index (χ0n) is 15.4. The van der Waals surface area contributed by atoms with Crippen LogP contribution in [0.3, 0.4) is 0 Å². The minimum absolute atomic E-state index is 0.0411. The molecule has 0 aliphatic carbocycles. The summed E-state index contributed by atoms with van der Waals surface area (Å²) >= 11 is 5.88. The van der Waals surface area contributed by atoms with Gasteiger partial charge >= 0.3 is 5.97 Å². The van der Waals surface area contributed by atoms with Crippen molar-refractivity contribution in [2.24, 2.45) is 0 Å². The number of benzene rings is 2. The fourth-order valence-corrected chi connectivity index (χ4v) is 3.70. The highest BCUT2D eigenvalue weighted by molar-refractivity contribution is 6.30. The lowest BCUT2D eigenvalue weighted by atomic mass is 9.92. The molecule has 3 rings (SSSR count). The largest absolute Gasteiger partial charge is 0.505 e. The number of hydrogen-bond acceptors (Lipinski definition) is 3. The molecule has 0 saturated heterocycles. The smallest absolute Gasteiger partial charge is 0.311 e. The summed E-state index contributed by atoms with van der Waals surface area (Å²) in [6, 6.07) is 8.81. The number of fused-ring (bicyclic) bond motifs is 1. The third-order valence-electron chi connectivity index (χ3n) is 4.85. The van der Waals surface area contributed by atoms with Crippen molar-refractivity contribution in [3.8, 4) is 5.75 Å². The first-order chi connectivity index (χ1) is 13.3. The summed E-state index contributed by atoms with van der Waals surface area (Å²) in [7, 11) is 0. The molecule has 1 atom stereocenters. The standard InChI is InChI=1S/C21H19ClFNO4/c1-3-4-14(21(27)28)17-11(2)24(15-9-10-16(25)19(23)18(15)17)20(26)12-5-7-13(22)8-6-12/h5-10,14,25H,3-4H2,1-2H3,(H,27,28). The SMILES string of the molecule is CCCC(C(=O)O)c1c(C)n(C(=O)c2ccc(Cl)cc2)c2ccc(O)c(F)c12. The van der Waals surface area contributed by atoms with Crippen LogP contribution in [0.15, 0.2) is 36.4 Å². The van der Waals surface area contributed by atoms with Gasteiger partial charge in [-0.25, -0.2) is 4.39 Å². The number of carbonyl (C=O) groups excluding carboxylic acids is 1. The number of aromatic nitrogens is 1. The van der Waals surface area contributed by atoms with Gasteiger partial charge in [0.2, 0.25) is 0 Å². The number of carboxylic acid groups (broad SMARTS) is 1. The summed E-state index contributed by atoms with van der Waals surface area (Å²) in [6.45, 7) is 3.42. The second-order valence-corrected chi connectivity index (χ2v) is 7.06. The van der Waals surface area contributed by atoms with E-state index < -0.39 is 29.4 Å². The summed E-state index contributed by atoms with van der Waals surface area (Å²) < 4.78 is 16.1. The normalized spacial score (nSPS) is 12.3. The maximum absolute atomic E-state index is 14.8. The Balaban J connectivity index is 2.34. The summed E-state index contributed by atoms with van der Waals surface area (Å²) in [5.74, 6) is -4.06. The van der Waals surface area contributed by atoms with Gasteiger partial charge in [0.25, 0.3) is 5.91 Å². The Morgan fingerprint density at radius 2 is 1.82 bits per heavy atom. The van der Waals surface area contributed by atoms with Gasteiger partial charge in [0.05, 0.1) is 11.4 Å². The first kappa shape index (κ1) is 19.9. The van der Waals surface area contributed by atoms with Crippen LogP contribution in [-0.2, 0) is 4.79 Å². The van der Waals surface area contributed by atoms with Crippen molar-refractivity contribution in [3.63, 3.8) is 0 Å². The molecule has 0 aliphatic heterocycles. The molecule has 28 heavy (non-hydrogen) atoms. The first-order valence-electron chi connectivity index (χ1n) is 8.83. The van der Waals surface area contributed by atoms with Gasteiger partial charge in [-0.1, -0.05) is 24.9 Å². The lowest BCUT2D eigenvalue weighted by molar-refractivity contribution is -0.139. The highest BCUT2D eigenvalue weighted by Crippen LogP contribution is 2.38. The number of carbonyl (C=O) groups is 2. The predicted octanol–water partition coefficient (Wildman–Crippen LogP) is 5.10. The monoisotopic (exact) mass is 403 g/mol. The van der Waals surface area contributed by atoms with Crippen molar-refractivity contribution in [2.75, 3.05) is 0 Å². The second kappa shape index (κ2) is 7.64. The van der Waals surface area contributed by atoms with Crippen molar-refractivity contribution in [1.82, 2.24) is 4.57 Å². The van der Waals surface area contributed by atoms with Gasteiger partial charge in [-0.2, -0.15) is 0 Å². The summed E-state index contributed by atoms with van der Waals surface area (Å²) in [6.07, 6.45) is 0.841. The van der Waals surface area contributed by atoms with Gasteiger partial charge in [0.15, 0.2) is 11.6 Å². The molecule has 1 unspecified atom stereocenters. The summed E-state index contributed by atoms with van der Waals surface area (Å²) in [4.78, 5) is 25.0. The fraction of sp³-hybridized carbons (Fsp3) is 0.238. The Labute approximate surface area is 166 Å². The van der Waals surface area contributed by atoms with Crippen LogP contribution in [0.2, 0.25) is 5.02 Å². The van der Waals surface area contributed by atoms with Crippen LogP contribution in [0, 0.1) is 12.7 Å². The lowest BCUT2D eigenvalue weighted by Crippen LogP contribution is -2.16.